The van der Waals surface area contributed by atoms with Crippen LogP contribution in [-0.2, 0) is 11.2 Å². The molecule has 11 heteroatoms. The number of benzene rings is 2. The third-order valence-corrected chi connectivity index (χ3v) is 8.25. The molecule has 5 aromatic rings. The molecule has 0 unspecified atom stereocenters. The number of anilines is 1. The van der Waals surface area contributed by atoms with Crippen LogP contribution in [0, 0.1) is 11.6 Å². The second-order valence-corrected chi connectivity index (χ2v) is 10.7. The van der Waals surface area contributed by atoms with Crippen molar-refractivity contribution in [1.82, 2.24) is 34.6 Å². The number of aromatic nitrogens is 6. The lowest BCUT2D eigenvalue weighted by Gasteiger charge is -2.38. The predicted octanol–water partition coefficient (Wildman–Crippen LogP) is 4.64. The van der Waals surface area contributed by atoms with Gasteiger partial charge in [-0.25, -0.2) is 28.4 Å². The molecule has 4 heterocycles. The monoisotopic (exact) mass is 544 g/mol. The second kappa shape index (κ2) is 10.2. The first kappa shape index (κ1) is 25.0. The molecule has 0 spiro atoms. The Balaban J connectivity index is 1.18. The van der Waals surface area contributed by atoms with Gasteiger partial charge in [-0.05, 0) is 55.5 Å². The number of imidazole rings is 1. The third-order valence-electron chi connectivity index (χ3n) is 8.25. The second-order valence-electron chi connectivity index (χ2n) is 10.7. The Labute approximate surface area is 229 Å². The number of hydrogen-bond acceptors (Lipinski definition) is 7. The molecule has 2 fully saturated rings. The average Bonchev–Trinajstić information content (AvgIpc) is 3.57. The van der Waals surface area contributed by atoms with E-state index in [0.29, 0.717) is 29.7 Å². The first-order valence-corrected chi connectivity index (χ1v) is 13.8. The molecule has 2 aliphatic rings. The molecule has 40 heavy (non-hydrogen) atoms. The highest BCUT2D eigenvalue weighted by molar-refractivity contribution is 5.99. The lowest BCUT2D eigenvalue weighted by Crippen LogP contribution is -2.45. The van der Waals surface area contributed by atoms with Crippen LogP contribution in [0.3, 0.4) is 0 Å². The summed E-state index contributed by atoms with van der Waals surface area (Å²) in [4.78, 5) is 19.4. The smallest absolute Gasteiger partial charge is 0.164 e. The van der Waals surface area contributed by atoms with Crippen molar-refractivity contribution in [2.24, 2.45) is 0 Å². The van der Waals surface area contributed by atoms with Crippen molar-refractivity contribution in [2.45, 2.75) is 44.2 Å². The summed E-state index contributed by atoms with van der Waals surface area (Å²) in [6.45, 7) is 3.64. The molecule has 1 aliphatic heterocycles. The summed E-state index contributed by atoms with van der Waals surface area (Å²) in [7, 11) is 0. The number of nitrogens with two attached hydrogens (primary N) is 1. The maximum Gasteiger partial charge on any atom is 0.164 e. The standard InChI is InChI=1S/C29H30F2N8O/c30-21-7-1-17(13-22(21)31)14-25-35-23-8-2-18(15-24(23)36-25)27-26-28(32)33-16-34-29(26)39(37-27)20-5-3-19(4-6-20)38-9-11-40-12-10-38/h1-2,7-8,13,15-16,19-20H,3-6,9-12,14H2,(H,35,36)(H2,32,33,34)/t19-,20-. The van der Waals surface area contributed by atoms with E-state index in [-0.39, 0.29) is 6.04 Å². The lowest BCUT2D eigenvalue weighted by atomic mass is 9.90. The molecule has 1 saturated heterocycles. The van der Waals surface area contributed by atoms with Crippen LogP contribution in [0.4, 0.5) is 14.6 Å². The fourth-order valence-electron chi connectivity index (χ4n) is 6.20. The summed E-state index contributed by atoms with van der Waals surface area (Å²) in [6.07, 6.45) is 6.13. The number of nitrogens with zero attached hydrogens (tertiary/aromatic N) is 6. The molecule has 9 nitrogen and oxygen atoms in total. The normalized spacial score (nSPS) is 20.4. The van der Waals surface area contributed by atoms with Crippen molar-refractivity contribution in [3.8, 4) is 11.3 Å². The third kappa shape index (κ3) is 4.58. The van der Waals surface area contributed by atoms with Crippen LogP contribution >= 0.6 is 0 Å². The molecule has 1 aliphatic carbocycles. The Morgan fingerprint density at radius 3 is 2.55 bits per heavy atom. The van der Waals surface area contributed by atoms with Crippen molar-refractivity contribution in [3.63, 3.8) is 0 Å². The Kier molecular flexibility index (Phi) is 6.39. The zero-order valence-electron chi connectivity index (χ0n) is 22.0. The molecule has 0 bridgehead atoms. The van der Waals surface area contributed by atoms with Crippen LogP contribution in [0.5, 0.6) is 0 Å². The zero-order valence-corrected chi connectivity index (χ0v) is 22.0. The topological polar surface area (TPSA) is 111 Å². The highest BCUT2D eigenvalue weighted by Crippen LogP contribution is 2.37. The number of halogens is 2. The summed E-state index contributed by atoms with van der Waals surface area (Å²) in [5.74, 6) is -0.670. The summed E-state index contributed by atoms with van der Waals surface area (Å²) >= 11 is 0. The van der Waals surface area contributed by atoms with Gasteiger partial charge in [0.2, 0.25) is 0 Å². The van der Waals surface area contributed by atoms with Crippen LogP contribution in [0.2, 0.25) is 0 Å². The molecule has 0 amide bonds. The van der Waals surface area contributed by atoms with E-state index in [1.807, 2.05) is 22.9 Å². The first-order chi connectivity index (χ1) is 19.5. The Morgan fingerprint density at radius 1 is 0.950 bits per heavy atom. The van der Waals surface area contributed by atoms with Gasteiger partial charge in [-0.3, -0.25) is 4.90 Å². The van der Waals surface area contributed by atoms with E-state index in [9.17, 15) is 8.78 Å². The minimum Gasteiger partial charge on any atom is -0.383 e. The SMILES string of the molecule is Nc1ncnc2c1c(-c1ccc3nc(Cc4ccc(F)c(F)c4)[nH]c3c1)nn2[C@H]1CC[C@H](N2CCOCC2)CC1. The minimum absolute atomic E-state index is 0.237. The maximum absolute atomic E-state index is 13.7. The van der Waals surface area contributed by atoms with Gasteiger partial charge in [0.15, 0.2) is 17.3 Å². The van der Waals surface area contributed by atoms with E-state index in [1.165, 1.54) is 12.4 Å². The number of aromatic amines is 1. The Hall–Kier alpha value is -3.96. The first-order valence-electron chi connectivity index (χ1n) is 13.8. The number of ether oxygens (including phenoxy) is 1. The number of nitrogen functional groups attached to an aromatic ring is 1. The summed E-state index contributed by atoms with van der Waals surface area (Å²) in [5, 5.41) is 5.82. The van der Waals surface area contributed by atoms with Crippen molar-refractivity contribution in [1.29, 1.82) is 0 Å². The molecule has 7 rings (SSSR count). The highest BCUT2D eigenvalue weighted by atomic mass is 19.2. The van der Waals surface area contributed by atoms with E-state index in [2.05, 4.69) is 24.8 Å². The largest absolute Gasteiger partial charge is 0.383 e. The summed E-state index contributed by atoms with van der Waals surface area (Å²) in [6, 6.07) is 10.6. The average molecular weight is 545 g/mol. The Bertz CT molecular complexity index is 1680. The fourth-order valence-corrected chi connectivity index (χ4v) is 6.20. The van der Waals surface area contributed by atoms with Crippen LogP contribution in [-0.4, -0.2) is 67.0 Å². The van der Waals surface area contributed by atoms with E-state index < -0.39 is 11.6 Å². The van der Waals surface area contributed by atoms with Gasteiger partial charge in [-0.15, -0.1) is 0 Å². The number of fused-ring (bicyclic) bond motifs is 2. The molecule has 1 saturated carbocycles. The van der Waals surface area contributed by atoms with Gasteiger partial charge in [0.25, 0.3) is 0 Å². The summed E-state index contributed by atoms with van der Waals surface area (Å²) in [5.41, 5.74) is 11.0. The molecule has 2 aromatic carbocycles. The number of hydrogen-bond donors (Lipinski definition) is 2. The summed E-state index contributed by atoms with van der Waals surface area (Å²) < 4.78 is 34.6. The quantitative estimate of drug-likeness (QED) is 0.332. The van der Waals surface area contributed by atoms with Gasteiger partial charge in [0.05, 0.1) is 35.7 Å². The van der Waals surface area contributed by atoms with E-state index >= 15 is 0 Å². The van der Waals surface area contributed by atoms with E-state index in [4.69, 9.17) is 15.6 Å². The molecule has 206 valence electrons. The van der Waals surface area contributed by atoms with E-state index in [1.54, 1.807) is 6.07 Å². The molecule has 3 N–H and O–H groups in total. The van der Waals surface area contributed by atoms with Crippen LogP contribution in [0.15, 0.2) is 42.7 Å². The maximum atomic E-state index is 13.7. The van der Waals surface area contributed by atoms with Crippen molar-refractivity contribution < 1.29 is 13.5 Å². The van der Waals surface area contributed by atoms with Crippen LogP contribution in [0.25, 0.3) is 33.3 Å². The molecule has 0 atom stereocenters. The van der Waals surface area contributed by atoms with Crippen molar-refractivity contribution in [2.75, 3.05) is 32.0 Å². The van der Waals surface area contributed by atoms with Gasteiger partial charge in [-0.1, -0.05) is 12.1 Å². The number of nitrogens with one attached hydrogen (secondary N) is 1. The predicted molar refractivity (Wildman–Crippen MR) is 148 cm³/mol. The molecule has 0 radical (unpaired) electrons. The number of morpholine rings is 1. The van der Waals surface area contributed by atoms with E-state index in [0.717, 1.165) is 91.4 Å². The van der Waals surface area contributed by atoms with Gasteiger partial charge in [0.1, 0.15) is 23.7 Å². The van der Waals surface area contributed by atoms with Gasteiger partial charge >= 0.3 is 0 Å². The van der Waals surface area contributed by atoms with Gasteiger partial charge in [0, 0.05) is 31.1 Å². The molecule has 3 aromatic heterocycles. The lowest BCUT2D eigenvalue weighted by molar-refractivity contribution is 0.00520. The highest BCUT2D eigenvalue weighted by Gasteiger charge is 2.30. The number of H-pyrrole nitrogens is 1. The van der Waals surface area contributed by atoms with Gasteiger partial charge in [-0.2, -0.15) is 5.10 Å². The Morgan fingerprint density at radius 2 is 1.75 bits per heavy atom. The zero-order chi connectivity index (χ0) is 27.2. The molecular formula is C29H30F2N8O. The fraction of sp³-hybridized carbons (Fsp3) is 0.379. The van der Waals surface area contributed by atoms with Gasteiger partial charge < -0.3 is 15.5 Å². The minimum atomic E-state index is -0.868. The number of rotatable bonds is 5. The molecular weight excluding hydrogens is 514 g/mol. The van der Waals surface area contributed by atoms with Crippen molar-refractivity contribution >= 4 is 27.9 Å². The van der Waals surface area contributed by atoms with Crippen LogP contribution in [0.1, 0.15) is 43.1 Å². The van der Waals surface area contributed by atoms with Crippen LogP contribution < -0.4 is 5.73 Å². The van der Waals surface area contributed by atoms with Crippen molar-refractivity contribution in [3.05, 3.63) is 65.7 Å².